The van der Waals surface area contributed by atoms with Gasteiger partial charge in [-0.1, -0.05) is 6.08 Å². The summed E-state index contributed by atoms with van der Waals surface area (Å²) < 4.78 is 0. The van der Waals surface area contributed by atoms with E-state index in [2.05, 4.69) is 10.6 Å². The van der Waals surface area contributed by atoms with Crippen molar-refractivity contribution in [3.05, 3.63) is 12.2 Å². The van der Waals surface area contributed by atoms with Crippen molar-refractivity contribution < 1.29 is 14.7 Å². The quantitative estimate of drug-likeness (QED) is 0.420. The van der Waals surface area contributed by atoms with Crippen molar-refractivity contribution in [2.45, 2.75) is 38.0 Å². The van der Waals surface area contributed by atoms with E-state index >= 15 is 0 Å². The number of nitrogens with two attached hydrogens (primary N) is 1. The number of rotatable bonds is 0. The molecule has 1 rings (SSSR count). The molecule has 0 saturated heterocycles. The number of aliphatic hydroxyl groups is 1. The Balaban J connectivity index is 2.70. The largest absolute Gasteiger partial charge is 0.391 e. The van der Waals surface area contributed by atoms with Crippen molar-refractivity contribution >= 4 is 11.8 Å². The molecule has 1 aliphatic heterocycles. The average molecular weight is 241 g/mol. The Bertz CT molecular complexity index is 317. The molecule has 6 nitrogen and oxygen atoms in total. The zero-order valence-corrected chi connectivity index (χ0v) is 9.85. The van der Waals surface area contributed by atoms with Crippen LogP contribution < -0.4 is 16.4 Å². The lowest BCUT2D eigenvalue weighted by atomic mass is 10.1. The summed E-state index contributed by atoms with van der Waals surface area (Å²) in [5.41, 5.74) is 5.62. The fourth-order valence-electron chi connectivity index (χ4n) is 1.54. The zero-order chi connectivity index (χ0) is 12.8. The highest BCUT2D eigenvalue weighted by molar-refractivity contribution is 5.88. The Morgan fingerprint density at radius 3 is 2.88 bits per heavy atom. The fraction of sp³-hybridized carbons (Fsp3) is 0.636. The Morgan fingerprint density at radius 2 is 2.18 bits per heavy atom. The third-order valence-electron chi connectivity index (χ3n) is 2.60. The molecule has 0 aliphatic carbocycles. The second kappa shape index (κ2) is 6.36. The average Bonchev–Trinajstić information content (AvgIpc) is 2.29. The Hall–Kier alpha value is -1.40. The highest BCUT2D eigenvalue weighted by Crippen LogP contribution is 2.02. The van der Waals surface area contributed by atoms with Gasteiger partial charge in [0.05, 0.1) is 6.10 Å². The smallest absolute Gasteiger partial charge is 0.243 e. The number of nitrogens with one attached hydrogen (secondary N) is 2. The van der Waals surface area contributed by atoms with Gasteiger partial charge in [-0.3, -0.25) is 9.59 Å². The van der Waals surface area contributed by atoms with Crippen molar-refractivity contribution in [1.82, 2.24) is 10.6 Å². The van der Waals surface area contributed by atoms with Gasteiger partial charge in [-0.25, -0.2) is 0 Å². The summed E-state index contributed by atoms with van der Waals surface area (Å²) in [5.74, 6) is -0.610. The summed E-state index contributed by atoms with van der Waals surface area (Å²) >= 11 is 0. The minimum Gasteiger partial charge on any atom is -0.391 e. The molecular formula is C11H19N3O3. The van der Waals surface area contributed by atoms with E-state index in [4.69, 9.17) is 5.73 Å². The monoisotopic (exact) mass is 241 g/mol. The van der Waals surface area contributed by atoms with E-state index in [0.717, 1.165) is 0 Å². The van der Waals surface area contributed by atoms with Gasteiger partial charge in [0.25, 0.3) is 0 Å². The van der Waals surface area contributed by atoms with E-state index in [-0.39, 0.29) is 11.9 Å². The highest BCUT2D eigenvalue weighted by Gasteiger charge is 2.23. The van der Waals surface area contributed by atoms with Crippen molar-refractivity contribution in [2.75, 3.05) is 6.54 Å². The lowest BCUT2D eigenvalue weighted by molar-refractivity contribution is -0.125. The topological polar surface area (TPSA) is 104 Å². The van der Waals surface area contributed by atoms with Gasteiger partial charge in [-0.15, -0.1) is 0 Å². The van der Waals surface area contributed by atoms with Crippen LogP contribution in [0, 0.1) is 0 Å². The molecule has 0 spiro atoms. The highest BCUT2D eigenvalue weighted by atomic mass is 16.3. The normalized spacial score (nSPS) is 33.9. The van der Waals surface area contributed by atoms with E-state index in [1.54, 1.807) is 13.0 Å². The standard InChI is InChI=1S/C11H19N3O3/c1-7-4-5-9(16)13-6-2-3-8(15)10(12)11(17)14-7/h4-5,7-8,10,15H,2-3,6,12H2,1H3,(H,13,16)(H,14,17)/b5-4-/t7-,8-,10-/m0/s1. The first-order chi connectivity index (χ1) is 8.00. The van der Waals surface area contributed by atoms with Crippen LogP contribution in [-0.2, 0) is 9.59 Å². The molecule has 3 atom stereocenters. The second-order valence-electron chi connectivity index (χ2n) is 4.18. The van der Waals surface area contributed by atoms with Crippen LogP contribution in [0.3, 0.4) is 0 Å². The predicted octanol–water partition coefficient (Wildman–Crippen LogP) is -1.35. The molecule has 1 heterocycles. The molecule has 6 heteroatoms. The van der Waals surface area contributed by atoms with Crippen molar-refractivity contribution in [2.24, 2.45) is 5.73 Å². The van der Waals surface area contributed by atoms with Crippen LogP contribution in [-0.4, -0.2) is 41.7 Å². The zero-order valence-electron chi connectivity index (χ0n) is 9.85. The maximum Gasteiger partial charge on any atom is 0.243 e. The number of amides is 2. The Morgan fingerprint density at radius 1 is 1.47 bits per heavy atom. The van der Waals surface area contributed by atoms with Gasteiger partial charge in [-0.05, 0) is 19.8 Å². The van der Waals surface area contributed by atoms with Gasteiger partial charge in [0.15, 0.2) is 0 Å². The van der Waals surface area contributed by atoms with E-state index in [9.17, 15) is 14.7 Å². The molecule has 96 valence electrons. The van der Waals surface area contributed by atoms with Crippen LogP contribution in [0.25, 0.3) is 0 Å². The van der Waals surface area contributed by atoms with Crippen molar-refractivity contribution in [1.29, 1.82) is 0 Å². The molecule has 0 unspecified atom stereocenters. The number of aliphatic hydroxyl groups excluding tert-OH is 1. The van der Waals surface area contributed by atoms with Crippen LogP contribution in [0.2, 0.25) is 0 Å². The molecule has 0 aromatic carbocycles. The molecule has 0 fully saturated rings. The Kier molecular flexibility index (Phi) is 5.11. The fourth-order valence-corrected chi connectivity index (χ4v) is 1.54. The number of carbonyl (C=O) groups is 2. The van der Waals surface area contributed by atoms with Crippen LogP contribution in [0.4, 0.5) is 0 Å². The van der Waals surface area contributed by atoms with Gasteiger partial charge in [0.1, 0.15) is 6.04 Å². The van der Waals surface area contributed by atoms with Gasteiger partial charge < -0.3 is 21.5 Å². The molecule has 5 N–H and O–H groups in total. The molecule has 0 radical (unpaired) electrons. The Labute approximate surface area is 100 Å². The van der Waals surface area contributed by atoms with E-state index in [1.807, 2.05) is 0 Å². The molecule has 2 amide bonds. The molecule has 1 aliphatic rings. The molecular weight excluding hydrogens is 222 g/mol. The van der Waals surface area contributed by atoms with Gasteiger partial charge >= 0.3 is 0 Å². The summed E-state index contributed by atoms with van der Waals surface area (Å²) in [5, 5.41) is 15.0. The van der Waals surface area contributed by atoms with E-state index in [0.29, 0.717) is 19.4 Å². The van der Waals surface area contributed by atoms with E-state index < -0.39 is 18.1 Å². The summed E-state index contributed by atoms with van der Waals surface area (Å²) in [7, 11) is 0. The van der Waals surface area contributed by atoms with Gasteiger partial charge in [-0.2, -0.15) is 0 Å². The minimum absolute atomic E-state index is 0.203. The lowest BCUT2D eigenvalue weighted by Gasteiger charge is -2.20. The molecule has 0 bridgehead atoms. The number of carbonyl (C=O) groups excluding carboxylic acids is 2. The van der Waals surface area contributed by atoms with Crippen LogP contribution >= 0.6 is 0 Å². The molecule has 0 aromatic heterocycles. The summed E-state index contributed by atoms with van der Waals surface area (Å²) in [6.07, 6.45) is 3.04. The van der Waals surface area contributed by atoms with Crippen LogP contribution in [0.15, 0.2) is 12.2 Å². The maximum absolute atomic E-state index is 11.6. The second-order valence-corrected chi connectivity index (χ2v) is 4.18. The number of hydrogen-bond acceptors (Lipinski definition) is 4. The molecule has 17 heavy (non-hydrogen) atoms. The number of hydrogen-bond donors (Lipinski definition) is 4. The van der Waals surface area contributed by atoms with Crippen LogP contribution in [0.5, 0.6) is 0 Å². The third kappa shape index (κ3) is 4.54. The summed E-state index contributed by atoms with van der Waals surface area (Å²) in [4.78, 5) is 22.9. The lowest BCUT2D eigenvalue weighted by Crippen LogP contribution is -2.50. The summed E-state index contributed by atoms with van der Waals surface area (Å²) in [6.45, 7) is 2.19. The summed E-state index contributed by atoms with van der Waals surface area (Å²) in [6, 6.07) is -1.23. The first-order valence-electron chi connectivity index (χ1n) is 5.70. The minimum atomic E-state index is -0.930. The first-order valence-corrected chi connectivity index (χ1v) is 5.70. The van der Waals surface area contributed by atoms with Crippen molar-refractivity contribution in [3.8, 4) is 0 Å². The molecule has 0 saturated carbocycles. The van der Waals surface area contributed by atoms with Gasteiger partial charge in [0, 0.05) is 18.7 Å². The molecule has 0 aromatic rings. The van der Waals surface area contributed by atoms with Crippen molar-refractivity contribution in [3.63, 3.8) is 0 Å². The van der Waals surface area contributed by atoms with Crippen LogP contribution in [0.1, 0.15) is 19.8 Å². The third-order valence-corrected chi connectivity index (χ3v) is 2.60. The first kappa shape index (κ1) is 13.7. The van der Waals surface area contributed by atoms with E-state index in [1.165, 1.54) is 6.08 Å². The maximum atomic E-state index is 11.6. The van der Waals surface area contributed by atoms with Gasteiger partial charge in [0.2, 0.25) is 11.8 Å². The predicted molar refractivity (Wildman–Crippen MR) is 63.0 cm³/mol. The SMILES string of the molecule is C[C@H]1/C=C\C(=O)NCCC[C@H](O)[C@H](N)C(=O)N1.